The van der Waals surface area contributed by atoms with Gasteiger partial charge in [-0.25, -0.2) is 0 Å². The van der Waals surface area contributed by atoms with Crippen LogP contribution in [0, 0.1) is 0 Å². The van der Waals surface area contributed by atoms with E-state index in [2.05, 4.69) is 289 Å². The van der Waals surface area contributed by atoms with Gasteiger partial charge in [-0.05, 0) is 106 Å². The summed E-state index contributed by atoms with van der Waals surface area (Å²) in [6.45, 7) is 0. The summed E-state index contributed by atoms with van der Waals surface area (Å²) in [4.78, 5) is 2.40. The van der Waals surface area contributed by atoms with Gasteiger partial charge in [0.2, 0.25) is 0 Å². The van der Waals surface area contributed by atoms with E-state index in [9.17, 15) is 0 Å². The second-order valence-corrected chi connectivity index (χ2v) is 17.9. The summed E-state index contributed by atoms with van der Waals surface area (Å²) in [5.74, 6) is 0. The molecule has 0 amide bonds. The third-order valence-corrected chi connectivity index (χ3v) is 14.0. The Kier molecular flexibility index (Phi) is 9.74. The number of nitrogens with zero attached hydrogens (tertiary/aromatic N) is 3. The molecular formula is C66H46N3+. The van der Waals surface area contributed by atoms with Crippen molar-refractivity contribution in [3.63, 3.8) is 0 Å². The van der Waals surface area contributed by atoms with Crippen LogP contribution in [-0.4, -0.2) is 4.57 Å². The first-order chi connectivity index (χ1) is 34.2. The van der Waals surface area contributed by atoms with E-state index in [1.807, 2.05) is 0 Å². The predicted octanol–water partition coefficient (Wildman–Crippen LogP) is 18.5. The van der Waals surface area contributed by atoms with E-state index < -0.39 is 0 Å². The van der Waals surface area contributed by atoms with E-state index in [1.54, 1.807) is 0 Å². The van der Waals surface area contributed by atoms with Crippen molar-refractivity contribution in [2.24, 2.45) is 0 Å². The number of quaternary nitrogens is 1. The SMILES string of the molecule is c1ccc(-c2ccc(N(c3ccc(-c4ccc(-c5ccc6c(c5)c5ccccc5n6-c5ccccc5)cc4)cc3)c3ccc4c(c3)[N+](c3ccccc3)(c3ccccc3)c3ccccc3-4)cc2)cc1. The van der Waals surface area contributed by atoms with Crippen molar-refractivity contribution in [2.75, 3.05) is 4.90 Å². The van der Waals surface area contributed by atoms with Crippen LogP contribution in [0.15, 0.2) is 279 Å². The lowest BCUT2D eigenvalue weighted by Gasteiger charge is -2.35. The highest BCUT2D eigenvalue weighted by Gasteiger charge is 2.48. The molecule has 0 atom stereocenters. The Bertz CT molecular complexity index is 3750. The van der Waals surface area contributed by atoms with Crippen LogP contribution >= 0.6 is 0 Å². The number of hydrogen-bond acceptors (Lipinski definition) is 1. The van der Waals surface area contributed by atoms with Gasteiger partial charge in [-0.3, -0.25) is 0 Å². The number of para-hydroxylation sites is 5. The molecular weight excluding hydrogens is 835 g/mol. The first kappa shape index (κ1) is 40.3. The van der Waals surface area contributed by atoms with Crippen LogP contribution in [-0.2, 0) is 0 Å². The Morgan fingerprint density at radius 3 is 1.33 bits per heavy atom. The Morgan fingerprint density at radius 2 is 0.710 bits per heavy atom. The highest BCUT2D eigenvalue weighted by molar-refractivity contribution is 6.10. The summed E-state index contributed by atoms with van der Waals surface area (Å²) in [6.07, 6.45) is 0. The van der Waals surface area contributed by atoms with Gasteiger partial charge in [-0.15, -0.1) is 0 Å². The van der Waals surface area contributed by atoms with Crippen LogP contribution < -0.4 is 9.38 Å². The third kappa shape index (κ3) is 6.71. The van der Waals surface area contributed by atoms with E-state index >= 15 is 0 Å². The Morgan fingerprint density at radius 1 is 0.275 bits per heavy atom. The molecule has 0 saturated carbocycles. The van der Waals surface area contributed by atoms with E-state index in [4.69, 9.17) is 0 Å². The highest BCUT2D eigenvalue weighted by Crippen LogP contribution is 2.63. The monoisotopic (exact) mass is 880 g/mol. The fraction of sp³-hybridized carbons (Fsp3) is 0. The summed E-state index contributed by atoms with van der Waals surface area (Å²) >= 11 is 0. The molecule has 1 aliphatic heterocycles. The quantitative estimate of drug-likeness (QED) is 0.131. The second-order valence-electron chi connectivity index (χ2n) is 17.9. The molecule has 0 spiro atoms. The molecule has 0 N–H and O–H groups in total. The fourth-order valence-corrected chi connectivity index (χ4v) is 10.8. The van der Waals surface area contributed by atoms with Gasteiger partial charge in [0.1, 0.15) is 11.4 Å². The Labute approximate surface area is 402 Å². The summed E-state index contributed by atoms with van der Waals surface area (Å²) in [6, 6.07) is 102. The molecule has 0 bridgehead atoms. The number of hydrogen-bond donors (Lipinski definition) is 0. The number of anilines is 3. The molecule has 1 aliphatic rings. The molecule has 324 valence electrons. The van der Waals surface area contributed by atoms with Crippen molar-refractivity contribution in [3.05, 3.63) is 279 Å². The van der Waals surface area contributed by atoms with E-state index in [0.717, 1.165) is 17.1 Å². The lowest BCUT2D eigenvalue weighted by atomic mass is 9.98. The third-order valence-electron chi connectivity index (χ3n) is 14.0. The van der Waals surface area contributed by atoms with Crippen LogP contribution in [0.2, 0.25) is 0 Å². The molecule has 13 rings (SSSR count). The first-order valence-corrected chi connectivity index (χ1v) is 23.7. The van der Waals surface area contributed by atoms with Crippen LogP contribution in [0.1, 0.15) is 0 Å². The summed E-state index contributed by atoms with van der Waals surface area (Å²) < 4.78 is 2.86. The van der Waals surface area contributed by atoms with Crippen LogP contribution in [0.4, 0.5) is 39.8 Å². The van der Waals surface area contributed by atoms with Gasteiger partial charge in [0.15, 0.2) is 11.4 Å². The molecule has 69 heavy (non-hydrogen) atoms. The van der Waals surface area contributed by atoms with E-state index in [1.165, 1.54) is 94.8 Å². The minimum absolute atomic E-state index is 0.488. The summed E-state index contributed by atoms with van der Waals surface area (Å²) in [5, 5.41) is 2.51. The highest BCUT2D eigenvalue weighted by atomic mass is 15.4. The van der Waals surface area contributed by atoms with E-state index in [0.29, 0.717) is 4.48 Å². The standard InChI is InChI=1S/C66H46N3/c1-5-17-47(18-6-1)49-33-38-54(39-34-49)67(56-42-43-61-60-26-14-16-28-65(60)69(66(61)46-56,57-21-9-3-10-22-57)58-23-11-4-12-24-58)55-40-35-50(36-41-55)48-29-31-51(32-30-48)52-37-44-64-62(45-52)59-25-13-15-27-63(59)68(64)53-19-7-2-8-20-53/h1-46H/q+1. The van der Waals surface area contributed by atoms with Gasteiger partial charge in [0, 0.05) is 64.2 Å². The molecule has 3 heteroatoms. The van der Waals surface area contributed by atoms with Crippen molar-refractivity contribution in [1.29, 1.82) is 0 Å². The number of fused-ring (bicyclic) bond motifs is 6. The topological polar surface area (TPSA) is 8.17 Å². The number of benzene rings is 11. The molecule has 1 aromatic heterocycles. The van der Waals surface area contributed by atoms with Crippen molar-refractivity contribution < 1.29 is 0 Å². The maximum atomic E-state index is 2.42. The minimum atomic E-state index is 0.488. The second kappa shape index (κ2) is 16.7. The average Bonchev–Trinajstić information content (AvgIpc) is 3.92. The predicted molar refractivity (Wildman–Crippen MR) is 291 cm³/mol. The zero-order valence-corrected chi connectivity index (χ0v) is 37.9. The molecule has 11 aromatic carbocycles. The average molecular weight is 881 g/mol. The first-order valence-electron chi connectivity index (χ1n) is 23.7. The molecule has 0 fully saturated rings. The van der Waals surface area contributed by atoms with Gasteiger partial charge in [0.25, 0.3) is 0 Å². The van der Waals surface area contributed by atoms with Gasteiger partial charge in [-0.1, -0.05) is 170 Å². The van der Waals surface area contributed by atoms with Crippen LogP contribution in [0.25, 0.3) is 72.0 Å². The zero-order chi connectivity index (χ0) is 45.7. The Balaban J connectivity index is 0.892. The molecule has 0 radical (unpaired) electrons. The summed E-state index contributed by atoms with van der Waals surface area (Å²) in [5.41, 5.74) is 21.3. The number of aromatic nitrogens is 1. The van der Waals surface area contributed by atoms with Crippen LogP contribution in [0.3, 0.4) is 0 Å². The molecule has 12 aromatic rings. The largest absolute Gasteiger partial charge is 0.310 e. The summed E-state index contributed by atoms with van der Waals surface area (Å²) in [7, 11) is 0. The maximum Gasteiger partial charge on any atom is 0.158 e. The molecule has 0 aliphatic carbocycles. The van der Waals surface area contributed by atoms with Crippen molar-refractivity contribution >= 4 is 61.6 Å². The van der Waals surface area contributed by atoms with Crippen molar-refractivity contribution in [2.45, 2.75) is 0 Å². The smallest absolute Gasteiger partial charge is 0.158 e. The molecule has 0 unspecified atom stereocenters. The van der Waals surface area contributed by atoms with Crippen molar-refractivity contribution in [1.82, 2.24) is 9.05 Å². The Hall–Kier alpha value is -9.02. The fourth-order valence-electron chi connectivity index (χ4n) is 10.8. The number of rotatable bonds is 9. The molecule has 0 saturated heterocycles. The van der Waals surface area contributed by atoms with Crippen molar-refractivity contribution in [3.8, 4) is 50.2 Å². The lowest BCUT2D eigenvalue weighted by molar-refractivity contribution is 0.721. The van der Waals surface area contributed by atoms with Gasteiger partial charge in [-0.2, -0.15) is 4.48 Å². The lowest BCUT2D eigenvalue weighted by Crippen LogP contribution is -2.31. The van der Waals surface area contributed by atoms with Gasteiger partial charge < -0.3 is 9.47 Å². The molecule has 3 nitrogen and oxygen atoms in total. The van der Waals surface area contributed by atoms with E-state index in [-0.39, 0.29) is 0 Å². The maximum absolute atomic E-state index is 2.42. The normalized spacial score (nSPS) is 12.5. The van der Waals surface area contributed by atoms with Crippen LogP contribution in [0.5, 0.6) is 0 Å². The molecule has 2 heterocycles. The van der Waals surface area contributed by atoms with Gasteiger partial charge >= 0.3 is 0 Å². The zero-order valence-electron chi connectivity index (χ0n) is 37.9. The van der Waals surface area contributed by atoms with Gasteiger partial charge in [0.05, 0.1) is 27.8 Å². The minimum Gasteiger partial charge on any atom is -0.310 e.